The monoisotopic (exact) mass is 416 g/mol. The number of amides is 1. The highest BCUT2D eigenvalue weighted by molar-refractivity contribution is 6.02. The molecule has 2 aromatic rings. The van der Waals surface area contributed by atoms with Gasteiger partial charge in [-0.2, -0.15) is 0 Å². The first-order chi connectivity index (χ1) is 13.9. The van der Waals surface area contributed by atoms with Crippen molar-refractivity contribution in [3.63, 3.8) is 0 Å². The Bertz CT molecular complexity index is 916. The summed E-state index contributed by atoms with van der Waals surface area (Å²) in [5.74, 6) is 1.36. The third-order valence-corrected chi connectivity index (χ3v) is 4.56. The highest BCUT2D eigenvalue weighted by Crippen LogP contribution is 2.36. The van der Waals surface area contributed by atoms with Gasteiger partial charge in [0.15, 0.2) is 5.82 Å². The molecule has 0 spiro atoms. The van der Waals surface area contributed by atoms with Gasteiger partial charge in [0.1, 0.15) is 17.3 Å². The summed E-state index contributed by atoms with van der Waals surface area (Å²) >= 11 is 0. The third-order valence-electron chi connectivity index (χ3n) is 4.56. The third kappa shape index (κ3) is 5.09. The summed E-state index contributed by atoms with van der Waals surface area (Å²) in [4.78, 5) is 22.7. The van der Waals surface area contributed by atoms with Gasteiger partial charge in [0.25, 0.3) is 0 Å². The molecule has 1 aromatic carbocycles. The van der Waals surface area contributed by atoms with Crippen LogP contribution in [0.25, 0.3) is 0 Å². The minimum atomic E-state index is -0.575. The minimum absolute atomic E-state index is 0. The summed E-state index contributed by atoms with van der Waals surface area (Å²) in [6.45, 7) is 4.65. The Morgan fingerprint density at radius 2 is 2.03 bits per heavy atom. The fraction of sp³-hybridized carbons (Fsp3) is 0.350. The van der Waals surface area contributed by atoms with E-state index >= 15 is 0 Å². The number of nitrogens with one attached hydrogen (secondary N) is 2. The van der Waals surface area contributed by atoms with E-state index in [0.717, 1.165) is 17.1 Å². The number of anilines is 4. The Morgan fingerprint density at radius 3 is 2.67 bits per heavy atom. The molecule has 30 heavy (non-hydrogen) atoms. The summed E-state index contributed by atoms with van der Waals surface area (Å²) < 4.78 is 10.1. The van der Waals surface area contributed by atoms with Crippen molar-refractivity contribution in [2.24, 2.45) is 4.99 Å². The van der Waals surface area contributed by atoms with E-state index < -0.39 is 6.09 Å². The maximum Gasteiger partial charge on any atom is 0.412 e. The van der Waals surface area contributed by atoms with Gasteiger partial charge in [-0.25, -0.2) is 14.8 Å². The molecule has 2 heterocycles. The van der Waals surface area contributed by atoms with Crippen molar-refractivity contribution in [3.05, 3.63) is 30.3 Å². The molecule has 0 fully saturated rings. The summed E-state index contributed by atoms with van der Waals surface area (Å²) in [5, 5.41) is 5.95. The molecular formula is C20H28N6O4. The quantitative estimate of drug-likeness (QED) is 0.655. The summed E-state index contributed by atoms with van der Waals surface area (Å²) in [6, 6.07) is 9.53. The molecule has 1 aromatic heterocycles. The molecule has 0 bridgehead atoms. The van der Waals surface area contributed by atoms with Crippen molar-refractivity contribution in [2.45, 2.75) is 19.9 Å². The molecule has 0 saturated carbocycles. The Labute approximate surface area is 175 Å². The van der Waals surface area contributed by atoms with Gasteiger partial charge in [-0.3, -0.25) is 5.32 Å². The second kappa shape index (κ2) is 9.79. The summed E-state index contributed by atoms with van der Waals surface area (Å²) in [5.41, 5.74) is 9.35. The van der Waals surface area contributed by atoms with Crippen molar-refractivity contribution in [1.29, 1.82) is 0 Å². The zero-order valence-electron chi connectivity index (χ0n) is 17.5. The van der Waals surface area contributed by atoms with Gasteiger partial charge < -0.3 is 30.9 Å². The van der Waals surface area contributed by atoms with Crippen LogP contribution < -0.4 is 26.0 Å². The number of methoxy groups -OCH3 is 1. The fourth-order valence-corrected chi connectivity index (χ4v) is 3.02. The molecule has 1 aliphatic heterocycles. The van der Waals surface area contributed by atoms with Gasteiger partial charge in [0, 0.05) is 18.8 Å². The first kappa shape index (κ1) is 22.8. The van der Waals surface area contributed by atoms with Crippen LogP contribution in [0, 0.1) is 0 Å². The first-order valence-corrected chi connectivity index (χ1v) is 9.34. The van der Waals surface area contributed by atoms with E-state index in [0.29, 0.717) is 23.7 Å². The largest absolute Gasteiger partial charge is 0.497 e. The van der Waals surface area contributed by atoms with Gasteiger partial charge >= 0.3 is 6.09 Å². The topological polar surface area (TPSA) is 146 Å². The molecule has 0 saturated heterocycles. The zero-order chi connectivity index (χ0) is 21.0. The Hall–Kier alpha value is -3.53. The maximum atomic E-state index is 11.6. The number of benzene rings is 1. The predicted molar refractivity (Wildman–Crippen MR) is 119 cm³/mol. The Balaban J connectivity index is 0.00000320. The number of aromatic nitrogens is 1. The normalized spacial score (nSPS) is 14.4. The van der Waals surface area contributed by atoms with E-state index in [-0.39, 0.29) is 23.9 Å². The van der Waals surface area contributed by atoms with E-state index in [9.17, 15) is 4.79 Å². The number of aliphatic imine (C=N–C) groups is 1. The molecule has 10 heteroatoms. The molecule has 10 nitrogen and oxygen atoms in total. The molecule has 6 N–H and O–H groups in total. The summed E-state index contributed by atoms with van der Waals surface area (Å²) in [6.07, 6.45) is -0.575. The van der Waals surface area contributed by atoms with Crippen LogP contribution in [0.5, 0.6) is 5.75 Å². The van der Waals surface area contributed by atoms with Gasteiger partial charge in [0.05, 0.1) is 37.7 Å². The zero-order valence-corrected chi connectivity index (χ0v) is 17.5. The number of pyridine rings is 1. The van der Waals surface area contributed by atoms with E-state index in [4.69, 9.17) is 20.2 Å². The van der Waals surface area contributed by atoms with Crippen LogP contribution in [-0.2, 0) is 4.74 Å². The smallest absolute Gasteiger partial charge is 0.412 e. The fourth-order valence-electron chi connectivity index (χ4n) is 3.02. The number of carbonyl (C=O) groups is 1. The molecule has 1 amide bonds. The maximum absolute atomic E-state index is 11.6. The van der Waals surface area contributed by atoms with Crippen molar-refractivity contribution < 1.29 is 19.7 Å². The second-order valence-corrected chi connectivity index (χ2v) is 6.66. The van der Waals surface area contributed by atoms with Crippen molar-refractivity contribution in [3.8, 4) is 5.75 Å². The molecule has 1 aliphatic rings. The lowest BCUT2D eigenvalue weighted by atomic mass is 10.1. The van der Waals surface area contributed by atoms with Crippen molar-refractivity contribution in [2.75, 3.05) is 48.6 Å². The van der Waals surface area contributed by atoms with Crippen LogP contribution in [-0.4, -0.2) is 55.6 Å². The SMILES string of the molecule is CCOC(=O)Nc1cc2c(c(N)n1)N=C(CN(C)c1ccc(OC)cc1)C(C)N2.O. The number of nitrogens with zero attached hydrogens (tertiary/aromatic N) is 3. The van der Waals surface area contributed by atoms with E-state index in [1.807, 2.05) is 38.2 Å². The second-order valence-electron chi connectivity index (χ2n) is 6.66. The number of fused-ring (bicyclic) bond motifs is 1. The standard InChI is InChI=1S/C20H26N6O3.H2O/c1-5-29-20(27)25-17-10-15-18(19(21)24-17)23-16(12(2)22-15)11-26(3)13-6-8-14(28-4)9-7-13;/h6-10,12,22H,5,11H2,1-4H3,(H3,21,24,25,27);1H2. The lowest BCUT2D eigenvalue weighted by molar-refractivity contribution is 0.168. The van der Waals surface area contributed by atoms with Gasteiger partial charge in [0.2, 0.25) is 0 Å². The molecule has 3 rings (SSSR count). The first-order valence-electron chi connectivity index (χ1n) is 9.34. The van der Waals surface area contributed by atoms with E-state index in [1.165, 1.54) is 0 Å². The predicted octanol–water partition coefficient (Wildman–Crippen LogP) is 2.44. The number of nitrogen functional groups attached to an aromatic ring is 1. The molecule has 0 aliphatic carbocycles. The van der Waals surface area contributed by atoms with Crippen LogP contribution in [0.3, 0.4) is 0 Å². The molecule has 1 atom stereocenters. The lowest BCUT2D eigenvalue weighted by Crippen LogP contribution is -2.37. The van der Waals surface area contributed by atoms with Crippen LogP contribution >= 0.6 is 0 Å². The number of hydrogen-bond acceptors (Lipinski definition) is 8. The molecule has 0 radical (unpaired) electrons. The minimum Gasteiger partial charge on any atom is -0.497 e. The highest BCUT2D eigenvalue weighted by Gasteiger charge is 2.23. The Morgan fingerprint density at radius 1 is 1.33 bits per heavy atom. The number of nitrogens with two attached hydrogens (primary N) is 1. The van der Waals surface area contributed by atoms with Gasteiger partial charge in [-0.15, -0.1) is 0 Å². The van der Waals surface area contributed by atoms with Crippen molar-refractivity contribution in [1.82, 2.24) is 4.98 Å². The highest BCUT2D eigenvalue weighted by atomic mass is 16.5. The van der Waals surface area contributed by atoms with Gasteiger partial charge in [-0.1, -0.05) is 0 Å². The van der Waals surface area contributed by atoms with Crippen LogP contribution in [0.2, 0.25) is 0 Å². The number of rotatable bonds is 6. The number of carbonyl (C=O) groups excluding carboxylic acids is 1. The van der Waals surface area contributed by atoms with Crippen molar-refractivity contribution >= 4 is 40.5 Å². The van der Waals surface area contributed by atoms with E-state index in [1.54, 1.807) is 20.1 Å². The Kier molecular flexibility index (Phi) is 7.43. The average molecular weight is 416 g/mol. The van der Waals surface area contributed by atoms with Crippen LogP contribution in [0.1, 0.15) is 13.8 Å². The summed E-state index contributed by atoms with van der Waals surface area (Å²) in [7, 11) is 3.65. The molecular weight excluding hydrogens is 388 g/mol. The molecule has 1 unspecified atom stereocenters. The molecule has 162 valence electrons. The van der Waals surface area contributed by atoms with Gasteiger partial charge in [-0.05, 0) is 38.1 Å². The lowest BCUT2D eigenvalue weighted by Gasteiger charge is -2.29. The van der Waals surface area contributed by atoms with Crippen LogP contribution in [0.4, 0.5) is 33.5 Å². The van der Waals surface area contributed by atoms with E-state index in [2.05, 4.69) is 20.5 Å². The number of ether oxygens (including phenoxy) is 2. The number of hydrogen-bond donors (Lipinski definition) is 3. The van der Waals surface area contributed by atoms with Crippen LogP contribution in [0.15, 0.2) is 35.3 Å². The average Bonchev–Trinajstić information content (AvgIpc) is 2.69.